The summed E-state index contributed by atoms with van der Waals surface area (Å²) >= 11 is 59.9. The van der Waals surface area contributed by atoms with Crippen LogP contribution in [0.25, 0.3) is 0 Å². The smallest absolute Gasteiger partial charge is 0.293 e. The van der Waals surface area contributed by atoms with E-state index in [9.17, 15) is 0 Å². The Hall–Kier alpha value is 4.36. The van der Waals surface area contributed by atoms with Gasteiger partial charge in [-0.2, -0.15) is 0 Å². The molecule has 0 spiro atoms. The van der Waals surface area contributed by atoms with Gasteiger partial charge < -0.3 is 0 Å². The average Bonchev–Trinajstić information content (AvgIpc) is 2.24. The molecule has 3 atom stereocenters. The van der Waals surface area contributed by atoms with E-state index >= 15 is 0 Å². The Balaban J connectivity index is 5.00. The van der Waals surface area contributed by atoms with Gasteiger partial charge in [-0.25, -0.2) is 0 Å². The Kier molecular flexibility index (Phi) is 12.9. The van der Waals surface area contributed by atoms with Crippen LogP contribution in [0.5, 0.6) is 0 Å². The SMILES string of the molecule is ClC(Cl)(Cl)C(Br)OP(OC(Br)C(Cl)(Cl)Cl)OC(Br)C(Cl)(Cl)Cl. The second kappa shape index (κ2) is 10.8. The zero-order valence-corrected chi connectivity index (χ0v) is 21.9. The summed E-state index contributed by atoms with van der Waals surface area (Å²) in [5.41, 5.74) is 0. The fraction of sp³-hybridized carbons (Fsp3) is 1.00. The first-order valence-electron chi connectivity index (χ1n) is 4.48. The van der Waals surface area contributed by atoms with Crippen molar-refractivity contribution in [2.24, 2.45) is 0 Å². The summed E-state index contributed by atoms with van der Waals surface area (Å²) in [5.74, 6) is 0. The number of hydrogen-bond acceptors (Lipinski definition) is 3. The maximum atomic E-state index is 5.66. The van der Waals surface area contributed by atoms with Crippen LogP contribution in [0.15, 0.2) is 0 Å². The molecule has 0 N–H and O–H groups in total. The first kappa shape index (κ1) is 26.4. The molecule has 0 saturated heterocycles. The van der Waals surface area contributed by atoms with Crippen molar-refractivity contribution in [2.45, 2.75) is 26.4 Å². The molecule has 22 heavy (non-hydrogen) atoms. The van der Waals surface area contributed by atoms with Gasteiger partial charge in [0.15, 0.2) is 15.0 Å². The number of alkyl halides is 12. The van der Waals surface area contributed by atoms with E-state index in [1.165, 1.54) is 0 Å². The lowest BCUT2D eigenvalue weighted by atomic mass is 10.8. The maximum Gasteiger partial charge on any atom is 0.336 e. The van der Waals surface area contributed by atoms with Crippen molar-refractivity contribution in [3.8, 4) is 0 Å². The molecule has 0 rings (SSSR count). The number of hydrogen-bond donors (Lipinski definition) is 0. The highest BCUT2D eigenvalue weighted by molar-refractivity contribution is 9.10. The van der Waals surface area contributed by atoms with Gasteiger partial charge in [0.1, 0.15) is 0 Å². The molecular weight excluding hydrogens is 710 g/mol. The van der Waals surface area contributed by atoms with E-state index in [1.54, 1.807) is 0 Å². The van der Waals surface area contributed by atoms with Crippen LogP contribution >= 0.6 is 161 Å². The monoisotopic (exact) mass is 705 g/mol. The van der Waals surface area contributed by atoms with Crippen LogP contribution in [0.4, 0.5) is 0 Å². The zero-order valence-electron chi connectivity index (χ0n) is 9.44. The van der Waals surface area contributed by atoms with Gasteiger partial charge in [0, 0.05) is 0 Å². The summed E-state index contributed by atoms with van der Waals surface area (Å²) in [5, 5.41) is -3.37. The Morgan fingerprint density at radius 3 is 0.864 bits per heavy atom. The van der Waals surface area contributed by atoms with Gasteiger partial charge in [-0.05, 0) is 0 Å². The van der Waals surface area contributed by atoms with Gasteiger partial charge in [0.2, 0.25) is 11.4 Å². The van der Waals surface area contributed by atoms with Crippen molar-refractivity contribution in [3.63, 3.8) is 0 Å². The van der Waals surface area contributed by atoms with E-state index in [2.05, 4.69) is 47.8 Å². The third-order valence-corrected chi connectivity index (χ3v) is 10.1. The lowest BCUT2D eigenvalue weighted by Gasteiger charge is -2.29. The van der Waals surface area contributed by atoms with Crippen molar-refractivity contribution >= 4 is 161 Å². The van der Waals surface area contributed by atoms with Crippen LogP contribution in [0.1, 0.15) is 0 Å². The molecule has 0 bridgehead atoms. The van der Waals surface area contributed by atoms with Crippen LogP contribution in [0, 0.1) is 0 Å². The van der Waals surface area contributed by atoms with Crippen molar-refractivity contribution in [2.75, 3.05) is 0 Å². The van der Waals surface area contributed by atoms with Gasteiger partial charge >= 0.3 is 8.60 Å². The van der Waals surface area contributed by atoms with Crippen molar-refractivity contribution in [1.82, 2.24) is 0 Å². The summed E-state index contributed by atoms with van der Waals surface area (Å²) in [6.45, 7) is 0. The average molecular weight is 713 g/mol. The molecule has 0 heterocycles. The first-order chi connectivity index (χ1) is 9.55. The summed E-state index contributed by atoms with van der Waals surface area (Å²) < 4.78 is 10.3. The Labute approximate surface area is 198 Å². The summed E-state index contributed by atoms with van der Waals surface area (Å²) in [6, 6.07) is 0. The van der Waals surface area contributed by atoms with Gasteiger partial charge in [-0.3, -0.25) is 13.6 Å². The fourth-order valence-electron chi connectivity index (χ4n) is 0.481. The van der Waals surface area contributed by atoms with E-state index in [4.69, 9.17) is 118 Å². The number of halogens is 12. The van der Waals surface area contributed by atoms with E-state index in [-0.39, 0.29) is 0 Å². The topological polar surface area (TPSA) is 27.7 Å². The zero-order chi connectivity index (χ0) is 17.9. The first-order valence-corrected chi connectivity index (χ1v) is 11.7. The van der Waals surface area contributed by atoms with Crippen LogP contribution in [0.3, 0.4) is 0 Å². The summed E-state index contributed by atoms with van der Waals surface area (Å²) in [6.07, 6.45) is 0. The molecule has 16 heteroatoms. The predicted molar refractivity (Wildman–Crippen MR) is 109 cm³/mol. The van der Waals surface area contributed by atoms with Gasteiger partial charge in [-0.1, -0.05) is 152 Å². The molecule has 0 aromatic heterocycles. The number of rotatable bonds is 6. The molecule has 0 aromatic rings. The lowest BCUT2D eigenvalue weighted by Crippen LogP contribution is -2.27. The fourth-order valence-corrected chi connectivity index (χ4v) is 3.75. The van der Waals surface area contributed by atoms with E-state index in [0.717, 1.165) is 0 Å². The molecule has 0 aliphatic heterocycles. The van der Waals surface area contributed by atoms with Crippen LogP contribution in [-0.4, -0.2) is 26.4 Å². The largest absolute Gasteiger partial charge is 0.336 e. The van der Waals surface area contributed by atoms with Crippen molar-refractivity contribution in [3.05, 3.63) is 0 Å². The molecule has 0 aliphatic rings. The Bertz CT molecular complexity index is 297. The molecule has 0 radical (unpaired) electrons. The van der Waals surface area contributed by atoms with Crippen LogP contribution in [-0.2, 0) is 13.6 Å². The summed E-state index contributed by atoms with van der Waals surface area (Å²) in [7, 11) is -2.27. The molecule has 0 fully saturated rings. The van der Waals surface area contributed by atoms with Gasteiger partial charge in [0.05, 0.1) is 0 Å². The molecule has 0 aliphatic carbocycles. The molecular formula is C6H3Br3Cl9O3P. The molecule has 3 unspecified atom stereocenters. The predicted octanol–water partition coefficient (Wildman–Crippen LogP) is 8.54. The molecule has 0 amide bonds. The second-order valence-corrected chi connectivity index (χ2v) is 13.8. The van der Waals surface area contributed by atoms with Crippen LogP contribution < -0.4 is 0 Å². The quantitative estimate of drug-likeness (QED) is 0.204. The molecule has 134 valence electrons. The van der Waals surface area contributed by atoms with Crippen molar-refractivity contribution in [1.29, 1.82) is 0 Å². The minimum atomic E-state index is -2.27. The van der Waals surface area contributed by atoms with Gasteiger partial charge in [0.25, 0.3) is 0 Å². The highest BCUT2D eigenvalue weighted by Gasteiger charge is 2.42. The minimum Gasteiger partial charge on any atom is -0.293 e. The maximum absolute atomic E-state index is 5.66. The molecule has 0 aromatic carbocycles. The third-order valence-electron chi connectivity index (χ3n) is 1.31. The molecule has 0 saturated carbocycles. The van der Waals surface area contributed by atoms with E-state index in [1.807, 2.05) is 0 Å². The standard InChI is InChI=1S/C6H3Br3Cl9O3P/c7-1(4(10,11)12)19-22(20-2(8)5(13,14)15)21-3(9)6(16,17)18/h1-3H. The Morgan fingerprint density at radius 2 is 0.727 bits per heavy atom. The minimum absolute atomic E-state index is 1.12. The third kappa shape index (κ3) is 11.3. The molecule has 3 nitrogen and oxygen atoms in total. The second-order valence-electron chi connectivity index (χ2n) is 3.11. The highest BCUT2D eigenvalue weighted by atomic mass is 79.9. The van der Waals surface area contributed by atoms with Crippen molar-refractivity contribution < 1.29 is 13.6 Å². The van der Waals surface area contributed by atoms with Gasteiger partial charge in [-0.15, -0.1) is 0 Å². The normalized spacial score (nSPS) is 19.6. The lowest BCUT2D eigenvalue weighted by molar-refractivity contribution is 0.142. The highest BCUT2D eigenvalue weighted by Crippen LogP contribution is 2.55. The Morgan fingerprint density at radius 1 is 0.545 bits per heavy atom. The van der Waals surface area contributed by atoms with E-state index < -0.39 is 35.0 Å². The van der Waals surface area contributed by atoms with Crippen LogP contribution in [0.2, 0.25) is 0 Å². The summed E-state index contributed by atoms with van der Waals surface area (Å²) in [4.78, 5) is 0. The van der Waals surface area contributed by atoms with E-state index in [0.29, 0.717) is 0 Å².